The van der Waals surface area contributed by atoms with E-state index in [4.69, 9.17) is 10.5 Å². The second kappa shape index (κ2) is 4.43. The minimum absolute atomic E-state index is 0.0475. The summed E-state index contributed by atoms with van der Waals surface area (Å²) < 4.78 is 5.65. The van der Waals surface area contributed by atoms with E-state index >= 15 is 0 Å². The van der Waals surface area contributed by atoms with E-state index in [-0.39, 0.29) is 11.6 Å². The van der Waals surface area contributed by atoms with Gasteiger partial charge in [-0.15, -0.1) is 11.3 Å². The van der Waals surface area contributed by atoms with E-state index < -0.39 is 0 Å². The van der Waals surface area contributed by atoms with E-state index in [0.717, 1.165) is 0 Å². The van der Waals surface area contributed by atoms with Gasteiger partial charge in [0.15, 0.2) is 0 Å². The van der Waals surface area contributed by atoms with Gasteiger partial charge in [0.2, 0.25) is 0 Å². The highest BCUT2D eigenvalue weighted by Gasteiger charge is 2.29. The lowest BCUT2D eigenvalue weighted by Gasteiger charge is -2.31. The summed E-state index contributed by atoms with van der Waals surface area (Å²) in [5, 5.41) is 2.08. The summed E-state index contributed by atoms with van der Waals surface area (Å²) in [5.74, 6) is 0. The average Bonchev–Trinajstić information content (AvgIpc) is 2.50. The maximum absolute atomic E-state index is 6.19. The predicted octanol–water partition coefficient (Wildman–Crippen LogP) is 2.87. The fourth-order valence-corrected chi connectivity index (χ4v) is 2.30. The molecule has 2 N–H and O–H groups in total. The van der Waals surface area contributed by atoms with E-state index in [1.165, 1.54) is 10.4 Å². The van der Waals surface area contributed by atoms with Gasteiger partial charge in [0.1, 0.15) is 0 Å². The Morgan fingerprint density at radius 2 is 2.21 bits per heavy atom. The van der Waals surface area contributed by atoms with Crippen LogP contribution in [-0.4, -0.2) is 12.2 Å². The molecule has 0 spiro atoms. The van der Waals surface area contributed by atoms with Crippen molar-refractivity contribution in [1.82, 2.24) is 0 Å². The molecule has 80 valence electrons. The SMILES string of the molecule is CCOC(C)(C)C(N)c1ccsc1C. The first-order chi connectivity index (χ1) is 6.49. The lowest BCUT2D eigenvalue weighted by molar-refractivity contribution is -0.0298. The number of aryl methyl sites for hydroxylation is 1. The number of thiophene rings is 1. The fourth-order valence-electron chi connectivity index (χ4n) is 1.55. The molecule has 14 heavy (non-hydrogen) atoms. The Morgan fingerprint density at radius 1 is 1.57 bits per heavy atom. The minimum Gasteiger partial charge on any atom is -0.374 e. The van der Waals surface area contributed by atoms with Crippen molar-refractivity contribution < 1.29 is 4.74 Å². The van der Waals surface area contributed by atoms with Crippen molar-refractivity contribution in [2.75, 3.05) is 6.61 Å². The van der Waals surface area contributed by atoms with Gasteiger partial charge in [0, 0.05) is 11.5 Å². The molecule has 3 heteroatoms. The van der Waals surface area contributed by atoms with Crippen LogP contribution < -0.4 is 5.73 Å². The molecule has 0 saturated carbocycles. The second-order valence-corrected chi connectivity index (χ2v) is 5.07. The van der Waals surface area contributed by atoms with Crippen molar-refractivity contribution in [3.05, 3.63) is 21.9 Å². The fraction of sp³-hybridized carbons (Fsp3) is 0.636. The molecule has 0 aliphatic carbocycles. The summed E-state index contributed by atoms with van der Waals surface area (Å²) >= 11 is 1.73. The lowest BCUT2D eigenvalue weighted by atomic mass is 9.93. The number of hydrogen-bond donors (Lipinski definition) is 1. The number of ether oxygens (including phenoxy) is 1. The summed E-state index contributed by atoms with van der Waals surface area (Å²) in [6, 6.07) is 2.04. The maximum Gasteiger partial charge on any atom is 0.0818 e. The van der Waals surface area contributed by atoms with Crippen molar-refractivity contribution in [3.63, 3.8) is 0 Å². The van der Waals surface area contributed by atoms with E-state index in [9.17, 15) is 0 Å². The smallest absolute Gasteiger partial charge is 0.0818 e. The molecular weight excluding hydrogens is 194 g/mol. The van der Waals surface area contributed by atoms with Crippen LogP contribution in [0.25, 0.3) is 0 Å². The summed E-state index contributed by atoms with van der Waals surface area (Å²) in [6.45, 7) is 8.87. The van der Waals surface area contributed by atoms with Gasteiger partial charge >= 0.3 is 0 Å². The highest BCUT2D eigenvalue weighted by Crippen LogP contribution is 2.30. The zero-order valence-corrected chi connectivity index (χ0v) is 10.1. The molecule has 0 radical (unpaired) electrons. The molecule has 1 aromatic heterocycles. The Hall–Kier alpha value is -0.380. The standard InChI is InChI=1S/C11H19NOS/c1-5-13-11(3,4)10(12)9-6-7-14-8(9)2/h6-7,10H,5,12H2,1-4H3. The van der Waals surface area contributed by atoms with Crippen LogP contribution in [0.3, 0.4) is 0 Å². The van der Waals surface area contributed by atoms with Crippen molar-refractivity contribution in [2.45, 2.75) is 39.3 Å². The molecule has 0 amide bonds. The predicted molar refractivity (Wildman–Crippen MR) is 61.7 cm³/mol. The summed E-state index contributed by atoms with van der Waals surface area (Å²) in [7, 11) is 0. The maximum atomic E-state index is 6.19. The third kappa shape index (κ3) is 2.35. The first-order valence-corrected chi connectivity index (χ1v) is 5.80. The monoisotopic (exact) mass is 213 g/mol. The quantitative estimate of drug-likeness (QED) is 0.834. The summed E-state index contributed by atoms with van der Waals surface area (Å²) in [4.78, 5) is 1.28. The van der Waals surface area contributed by atoms with Crippen LogP contribution in [0.1, 0.15) is 37.3 Å². The molecule has 0 aromatic carbocycles. The van der Waals surface area contributed by atoms with Crippen LogP contribution in [0.5, 0.6) is 0 Å². The van der Waals surface area contributed by atoms with Crippen molar-refractivity contribution in [1.29, 1.82) is 0 Å². The van der Waals surface area contributed by atoms with E-state index in [0.29, 0.717) is 6.61 Å². The Bertz CT molecular complexity index is 293. The largest absolute Gasteiger partial charge is 0.374 e. The van der Waals surface area contributed by atoms with Crippen LogP contribution in [0.4, 0.5) is 0 Å². The first kappa shape index (κ1) is 11.7. The van der Waals surface area contributed by atoms with Crippen LogP contribution in [-0.2, 0) is 4.74 Å². The third-order valence-electron chi connectivity index (χ3n) is 2.50. The molecule has 0 fully saturated rings. The molecule has 0 saturated heterocycles. The van der Waals surface area contributed by atoms with Gasteiger partial charge in [0.05, 0.1) is 11.6 Å². The molecule has 0 bridgehead atoms. The first-order valence-electron chi connectivity index (χ1n) is 4.92. The van der Waals surface area contributed by atoms with Gasteiger partial charge in [-0.1, -0.05) is 0 Å². The molecule has 1 atom stereocenters. The summed E-state index contributed by atoms with van der Waals surface area (Å²) in [6.07, 6.45) is 0. The Balaban J connectivity index is 2.84. The van der Waals surface area contributed by atoms with Gasteiger partial charge in [-0.2, -0.15) is 0 Å². The Kier molecular flexibility index (Phi) is 3.70. The van der Waals surface area contributed by atoms with E-state index in [1.54, 1.807) is 11.3 Å². The van der Waals surface area contributed by atoms with Gasteiger partial charge in [-0.3, -0.25) is 0 Å². The normalized spacial score (nSPS) is 14.4. The lowest BCUT2D eigenvalue weighted by Crippen LogP contribution is -2.38. The molecule has 0 aliphatic rings. The van der Waals surface area contributed by atoms with Crippen molar-refractivity contribution >= 4 is 11.3 Å². The zero-order valence-electron chi connectivity index (χ0n) is 9.33. The number of nitrogens with two attached hydrogens (primary N) is 1. The van der Waals surface area contributed by atoms with E-state index in [1.807, 2.05) is 20.8 Å². The van der Waals surface area contributed by atoms with E-state index in [2.05, 4.69) is 18.4 Å². The van der Waals surface area contributed by atoms with Crippen LogP contribution in [0.2, 0.25) is 0 Å². The molecule has 1 aromatic rings. The van der Waals surface area contributed by atoms with Crippen molar-refractivity contribution in [3.8, 4) is 0 Å². The molecular formula is C11H19NOS. The van der Waals surface area contributed by atoms with Gasteiger partial charge in [-0.05, 0) is 44.7 Å². The molecule has 1 unspecified atom stereocenters. The molecule has 1 heterocycles. The second-order valence-electron chi connectivity index (χ2n) is 3.95. The van der Waals surface area contributed by atoms with Crippen LogP contribution in [0.15, 0.2) is 11.4 Å². The van der Waals surface area contributed by atoms with Gasteiger partial charge in [0.25, 0.3) is 0 Å². The highest BCUT2D eigenvalue weighted by molar-refractivity contribution is 7.10. The minimum atomic E-state index is -0.291. The Labute approximate surface area is 90.1 Å². The van der Waals surface area contributed by atoms with Crippen molar-refractivity contribution in [2.24, 2.45) is 5.73 Å². The highest BCUT2D eigenvalue weighted by atomic mass is 32.1. The topological polar surface area (TPSA) is 35.2 Å². The van der Waals surface area contributed by atoms with Crippen LogP contribution >= 0.6 is 11.3 Å². The van der Waals surface area contributed by atoms with Crippen LogP contribution in [0, 0.1) is 6.92 Å². The number of hydrogen-bond acceptors (Lipinski definition) is 3. The molecule has 2 nitrogen and oxygen atoms in total. The Morgan fingerprint density at radius 3 is 2.64 bits per heavy atom. The molecule has 0 aliphatic heterocycles. The number of rotatable bonds is 4. The van der Waals surface area contributed by atoms with Gasteiger partial charge in [-0.25, -0.2) is 0 Å². The average molecular weight is 213 g/mol. The summed E-state index contributed by atoms with van der Waals surface area (Å²) in [5.41, 5.74) is 7.10. The van der Waals surface area contributed by atoms with Gasteiger partial charge < -0.3 is 10.5 Å². The molecule has 1 rings (SSSR count). The zero-order chi connectivity index (χ0) is 10.8. The third-order valence-corrected chi connectivity index (χ3v) is 3.36.